The minimum Gasteiger partial charge on any atom is -0.283 e. The Kier molecular flexibility index (Phi) is 3.05. The van der Waals surface area contributed by atoms with Crippen molar-refractivity contribution in [2.24, 2.45) is 0 Å². The third-order valence-electron chi connectivity index (χ3n) is 1.08. The van der Waals surface area contributed by atoms with Crippen LogP contribution < -0.4 is 0 Å². The van der Waals surface area contributed by atoms with E-state index >= 15 is 0 Å². The average Bonchev–Trinajstić information content (AvgIpc) is 1.91. The molecule has 0 saturated carbocycles. The quantitative estimate of drug-likeness (QED) is 0.711. The summed E-state index contributed by atoms with van der Waals surface area (Å²) in [7, 11) is 0. The molecule has 0 fully saturated rings. The number of aryl methyl sites for hydroxylation is 2. The number of rotatable bonds is 0. The summed E-state index contributed by atoms with van der Waals surface area (Å²) in [6.07, 6.45) is 1.81. The molecule has 1 N–H and O–H groups in total. The van der Waals surface area contributed by atoms with Crippen LogP contribution in [0.5, 0.6) is 0 Å². The molecule has 0 bridgehead atoms. The number of nitrogens with one attached hydrogen (secondary N) is 1. The van der Waals surface area contributed by atoms with Gasteiger partial charge < -0.3 is 0 Å². The van der Waals surface area contributed by atoms with Gasteiger partial charge in [0.25, 0.3) is 0 Å². The number of nitrogens with zero attached hydrogens (tertiary/aromatic N) is 1. The molecule has 1 radical (unpaired) electrons. The summed E-state index contributed by atoms with van der Waals surface area (Å²) in [5, 5.41) is 6.61. The molecule has 0 aliphatic carbocycles. The Bertz CT molecular complexity index is 143. The van der Waals surface area contributed by atoms with Crippen molar-refractivity contribution in [1.82, 2.24) is 10.2 Å². The van der Waals surface area contributed by atoms with E-state index in [0.717, 1.165) is 5.69 Å². The van der Waals surface area contributed by atoms with Crippen molar-refractivity contribution in [3.8, 4) is 0 Å². The van der Waals surface area contributed by atoms with Gasteiger partial charge in [-0.25, -0.2) is 0 Å². The Hall–Kier alpha value is -0.0497. The van der Waals surface area contributed by atoms with E-state index in [1.54, 1.807) is 0 Å². The van der Waals surface area contributed by atoms with Gasteiger partial charge in [0.2, 0.25) is 0 Å². The first kappa shape index (κ1) is 7.95. The molecule has 0 amide bonds. The van der Waals surface area contributed by atoms with Gasteiger partial charge in [-0.05, 0) is 19.4 Å². The maximum Gasteiger partial charge on any atom is 0.0519 e. The van der Waals surface area contributed by atoms with Gasteiger partial charge in [-0.1, -0.05) is 0 Å². The van der Waals surface area contributed by atoms with Crippen LogP contribution in [-0.2, 0) is 22.4 Å². The Morgan fingerprint density at radius 1 is 1.50 bits per heavy atom. The van der Waals surface area contributed by atoms with E-state index in [9.17, 15) is 0 Å². The molecular formula is C5H8AuN2. The fraction of sp³-hybridized carbons (Fsp3) is 0.400. The molecule has 0 aromatic carbocycles. The van der Waals surface area contributed by atoms with Crippen molar-refractivity contribution in [3.63, 3.8) is 0 Å². The van der Waals surface area contributed by atoms with Gasteiger partial charge >= 0.3 is 0 Å². The summed E-state index contributed by atoms with van der Waals surface area (Å²) >= 11 is 0. The third kappa shape index (κ3) is 1.47. The topological polar surface area (TPSA) is 28.7 Å². The largest absolute Gasteiger partial charge is 0.283 e. The van der Waals surface area contributed by atoms with Gasteiger partial charge in [-0.3, -0.25) is 5.10 Å². The second-order valence-corrected chi connectivity index (χ2v) is 1.68. The van der Waals surface area contributed by atoms with E-state index in [1.807, 2.05) is 20.0 Å². The zero-order valence-electron chi connectivity index (χ0n) is 4.83. The van der Waals surface area contributed by atoms with Crippen LogP contribution in [0, 0.1) is 13.8 Å². The number of hydrogen-bond donors (Lipinski definition) is 1. The molecule has 3 heteroatoms. The third-order valence-corrected chi connectivity index (χ3v) is 1.08. The molecule has 0 aliphatic heterocycles. The molecule has 0 aliphatic rings. The molecule has 2 nitrogen and oxygen atoms in total. The molecular weight excluding hydrogens is 285 g/mol. The van der Waals surface area contributed by atoms with Crippen LogP contribution >= 0.6 is 0 Å². The molecule has 1 rings (SSSR count). The van der Waals surface area contributed by atoms with Crippen LogP contribution in [0.15, 0.2) is 6.20 Å². The first-order chi connectivity index (χ1) is 3.30. The summed E-state index contributed by atoms with van der Waals surface area (Å²) in [4.78, 5) is 0. The van der Waals surface area contributed by atoms with E-state index in [0.29, 0.717) is 0 Å². The molecule has 0 spiro atoms. The molecule has 49 valence electrons. The molecule has 8 heavy (non-hydrogen) atoms. The fourth-order valence-corrected chi connectivity index (χ4v) is 0.411. The van der Waals surface area contributed by atoms with Crippen LogP contribution in [0.3, 0.4) is 0 Å². The van der Waals surface area contributed by atoms with Gasteiger partial charge in [0.05, 0.1) is 6.20 Å². The average molecular weight is 293 g/mol. The molecule has 0 unspecified atom stereocenters. The van der Waals surface area contributed by atoms with Gasteiger partial charge in [-0.15, -0.1) is 0 Å². The molecule has 0 saturated heterocycles. The van der Waals surface area contributed by atoms with Gasteiger partial charge in [0, 0.05) is 28.1 Å². The van der Waals surface area contributed by atoms with Crippen LogP contribution in [0.25, 0.3) is 0 Å². The SMILES string of the molecule is Cc1cn[nH]c1C.[Au]. The minimum atomic E-state index is 0. The first-order valence-corrected chi connectivity index (χ1v) is 2.27. The van der Waals surface area contributed by atoms with E-state index in [1.165, 1.54) is 5.56 Å². The van der Waals surface area contributed by atoms with Crippen molar-refractivity contribution in [2.45, 2.75) is 13.8 Å². The number of aromatic amines is 1. The second-order valence-electron chi connectivity index (χ2n) is 1.68. The van der Waals surface area contributed by atoms with E-state index < -0.39 is 0 Å². The first-order valence-electron chi connectivity index (χ1n) is 2.27. The fourth-order valence-electron chi connectivity index (χ4n) is 0.411. The monoisotopic (exact) mass is 293 g/mol. The van der Waals surface area contributed by atoms with Crippen molar-refractivity contribution in [2.75, 3.05) is 0 Å². The molecule has 1 aromatic rings. The second kappa shape index (κ2) is 3.07. The van der Waals surface area contributed by atoms with Crippen LogP contribution in [0.1, 0.15) is 11.3 Å². The zero-order chi connectivity index (χ0) is 5.28. The summed E-state index contributed by atoms with van der Waals surface area (Å²) in [6.45, 7) is 4.03. The smallest absolute Gasteiger partial charge is 0.0519 e. The number of aromatic nitrogens is 2. The normalized spacial score (nSPS) is 8.25. The summed E-state index contributed by atoms with van der Waals surface area (Å²) in [6, 6.07) is 0. The van der Waals surface area contributed by atoms with E-state index in [4.69, 9.17) is 0 Å². The van der Waals surface area contributed by atoms with Crippen molar-refractivity contribution in [3.05, 3.63) is 17.5 Å². The standard InChI is InChI=1S/C5H8N2.Au/c1-4-3-6-7-5(4)2;/h3H,1-2H3,(H,6,7);. The minimum absolute atomic E-state index is 0. The zero-order valence-corrected chi connectivity index (χ0v) is 6.99. The van der Waals surface area contributed by atoms with E-state index in [2.05, 4.69) is 10.2 Å². The van der Waals surface area contributed by atoms with Gasteiger partial charge in [0.15, 0.2) is 0 Å². The Labute approximate surface area is 64.2 Å². The van der Waals surface area contributed by atoms with Crippen LogP contribution in [0.4, 0.5) is 0 Å². The summed E-state index contributed by atoms with van der Waals surface area (Å²) in [5.41, 5.74) is 2.38. The van der Waals surface area contributed by atoms with Crippen molar-refractivity contribution >= 4 is 0 Å². The van der Waals surface area contributed by atoms with Crippen molar-refractivity contribution < 1.29 is 22.4 Å². The molecule has 1 heterocycles. The Morgan fingerprint density at radius 2 is 2.12 bits per heavy atom. The van der Waals surface area contributed by atoms with Gasteiger partial charge in [-0.2, -0.15) is 5.10 Å². The Balaban J connectivity index is 0.000000490. The van der Waals surface area contributed by atoms with E-state index in [-0.39, 0.29) is 22.4 Å². The molecule has 0 atom stereocenters. The number of hydrogen-bond acceptors (Lipinski definition) is 1. The summed E-state index contributed by atoms with van der Waals surface area (Å²) < 4.78 is 0. The van der Waals surface area contributed by atoms with Crippen molar-refractivity contribution in [1.29, 1.82) is 0 Å². The van der Waals surface area contributed by atoms with Gasteiger partial charge in [0.1, 0.15) is 0 Å². The maximum atomic E-state index is 3.80. The number of H-pyrrole nitrogens is 1. The summed E-state index contributed by atoms with van der Waals surface area (Å²) in [5.74, 6) is 0. The van der Waals surface area contributed by atoms with Crippen LogP contribution in [0.2, 0.25) is 0 Å². The predicted octanol–water partition coefficient (Wildman–Crippen LogP) is 1.02. The predicted molar refractivity (Wildman–Crippen MR) is 28.1 cm³/mol. The maximum absolute atomic E-state index is 3.80. The Morgan fingerprint density at radius 3 is 2.25 bits per heavy atom. The van der Waals surface area contributed by atoms with Crippen LogP contribution in [-0.4, -0.2) is 10.2 Å². The molecule has 1 aromatic heterocycles.